The largest absolute Gasteiger partial charge is 0.348 e. The molecule has 0 fully saturated rings. The van der Waals surface area contributed by atoms with Crippen LogP contribution in [-0.2, 0) is 7.05 Å². The lowest BCUT2D eigenvalue weighted by Crippen LogP contribution is -2.20. The molecule has 3 rings (SSSR count). The van der Waals surface area contributed by atoms with Crippen molar-refractivity contribution in [1.29, 1.82) is 0 Å². The van der Waals surface area contributed by atoms with Crippen molar-refractivity contribution in [2.75, 3.05) is 0 Å². The van der Waals surface area contributed by atoms with Gasteiger partial charge in [-0.15, -0.1) is 0 Å². The van der Waals surface area contributed by atoms with Crippen molar-refractivity contribution in [3.05, 3.63) is 64.0 Å². The fourth-order valence-corrected chi connectivity index (χ4v) is 2.25. The number of hydrogen-bond donors (Lipinski definition) is 0. The Kier molecular flexibility index (Phi) is 2.84. The Hall–Kier alpha value is -2.13. The summed E-state index contributed by atoms with van der Waals surface area (Å²) in [6.45, 7) is 0. The summed E-state index contributed by atoms with van der Waals surface area (Å²) < 4.78 is 1.55. The summed E-state index contributed by atoms with van der Waals surface area (Å²) in [5, 5.41) is 1.61. The van der Waals surface area contributed by atoms with Gasteiger partial charge < -0.3 is 0 Å². The maximum Gasteiger partial charge on any atom is 0.348 e. The zero-order chi connectivity index (χ0) is 13.4. The second kappa shape index (κ2) is 4.52. The Morgan fingerprint density at radius 2 is 1.74 bits per heavy atom. The van der Waals surface area contributed by atoms with E-state index in [9.17, 15) is 4.79 Å². The molecule has 0 aliphatic carbocycles. The number of rotatable bonds is 1. The van der Waals surface area contributed by atoms with E-state index in [1.54, 1.807) is 23.7 Å². The first kappa shape index (κ1) is 11.9. The first-order valence-electron chi connectivity index (χ1n) is 5.88. The van der Waals surface area contributed by atoms with Crippen LogP contribution >= 0.6 is 11.6 Å². The standard InChI is InChI=1S/C15H11ClN2O/c1-18-13-5-3-2-4-12(13)14(17-15(18)19)10-6-8-11(16)9-7-10/h2-9H,1H3. The van der Waals surface area contributed by atoms with Gasteiger partial charge in [0.1, 0.15) is 0 Å². The van der Waals surface area contributed by atoms with Crippen LogP contribution in [0.3, 0.4) is 0 Å². The van der Waals surface area contributed by atoms with Gasteiger partial charge in [0.2, 0.25) is 0 Å². The van der Waals surface area contributed by atoms with Crippen molar-refractivity contribution in [2.45, 2.75) is 0 Å². The molecule has 0 atom stereocenters. The topological polar surface area (TPSA) is 34.9 Å². The maximum atomic E-state index is 11.9. The molecular formula is C15H11ClN2O. The Labute approximate surface area is 115 Å². The van der Waals surface area contributed by atoms with Crippen molar-refractivity contribution in [3.8, 4) is 11.3 Å². The van der Waals surface area contributed by atoms with Crippen LogP contribution < -0.4 is 5.69 Å². The third-order valence-corrected chi connectivity index (χ3v) is 3.38. The average Bonchev–Trinajstić information content (AvgIpc) is 2.44. The van der Waals surface area contributed by atoms with Crippen molar-refractivity contribution >= 4 is 22.5 Å². The molecule has 4 heteroatoms. The molecule has 3 aromatic rings. The number of para-hydroxylation sites is 1. The molecule has 3 nitrogen and oxygen atoms in total. The Bertz CT molecular complexity index is 806. The van der Waals surface area contributed by atoms with Crippen LogP contribution in [0.2, 0.25) is 5.02 Å². The molecule has 0 saturated heterocycles. The molecule has 19 heavy (non-hydrogen) atoms. The second-order valence-electron chi connectivity index (χ2n) is 4.33. The average molecular weight is 271 g/mol. The molecule has 0 N–H and O–H groups in total. The third kappa shape index (κ3) is 2.02. The van der Waals surface area contributed by atoms with Crippen LogP contribution in [0, 0.1) is 0 Å². The van der Waals surface area contributed by atoms with Crippen molar-refractivity contribution in [1.82, 2.24) is 9.55 Å². The van der Waals surface area contributed by atoms with Gasteiger partial charge in [-0.2, -0.15) is 4.98 Å². The SMILES string of the molecule is Cn1c(=O)nc(-c2ccc(Cl)cc2)c2ccccc21. The van der Waals surface area contributed by atoms with Crippen molar-refractivity contribution < 1.29 is 0 Å². The number of aryl methyl sites for hydroxylation is 1. The third-order valence-electron chi connectivity index (χ3n) is 3.13. The molecule has 0 aliphatic rings. The van der Waals surface area contributed by atoms with Gasteiger partial charge in [0.15, 0.2) is 0 Å². The molecule has 0 saturated carbocycles. The van der Waals surface area contributed by atoms with Gasteiger partial charge in [-0.1, -0.05) is 41.9 Å². The summed E-state index contributed by atoms with van der Waals surface area (Å²) in [6, 6.07) is 15.1. The first-order valence-corrected chi connectivity index (χ1v) is 6.26. The molecule has 0 radical (unpaired) electrons. The lowest BCUT2D eigenvalue weighted by molar-refractivity contribution is 0.855. The summed E-state index contributed by atoms with van der Waals surface area (Å²) >= 11 is 5.89. The molecular weight excluding hydrogens is 260 g/mol. The Morgan fingerprint density at radius 3 is 2.47 bits per heavy atom. The van der Waals surface area contributed by atoms with E-state index in [1.807, 2.05) is 36.4 Å². The minimum atomic E-state index is -0.261. The highest BCUT2D eigenvalue weighted by atomic mass is 35.5. The van der Waals surface area contributed by atoms with Gasteiger partial charge in [-0.25, -0.2) is 4.79 Å². The fourth-order valence-electron chi connectivity index (χ4n) is 2.13. The van der Waals surface area contributed by atoms with E-state index in [-0.39, 0.29) is 5.69 Å². The minimum Gasteiger partial charge on any atom is -0.295 e. The van der Waals surface area contributed by atoms with Gasteiger partial charge >= 0.3 is 5.69 Å². The monoisotopic (exact) mass is 270 g/mol. The highest BCUT2D eigenvalue weighted by molar-refractivity contribution is 6.30. The van der Waals surface area contributed by atoms with Crippen LogP contribution in [0.4, 0.5) is 0 Å². The second-order valence-corrected chi connectivity index (χ2v) is 4.76. The molecule has 1 heterocycles. The highest BCUT2D eigenvalue weighted by Gasteiger charge is 2.09. The summed E-state index contributed by atoms with van der Waals surface area (Å²) in [4.78, 5) is 16.1. The predicted octanol–water partition coefficient (Wildman–Crippen LogP) is 3.25. The van der Waals surface area contributed by atoms with Gasteiger partial charge in [0.25, 0.3) is 0 Å². The van der Waals surface area contributed by atoms with Crippen LogP contribution in [0.1, 0.15) is 0 Å². The molecule has 1 aromatic heterocycles. The summed E-state index contributed by atoms with van der Waals surface area (Å²) in [7, 11) is 1.73. The van der Waals surface area contributed by atoms with Crippen LogP contribution in [0.25, 0.3) is 22.2 Å². The van der Waals surface area contributed by atoms with Crippen molar-refractivity contribution in [3.63, 3.8) is 0 Å². The van der Waals surface area contributed by atoms with E-state index < -0.39 is 0 Å². The summed E-state index contributed by atoms with van der Waals surface area (Å²) in [5.74, 6) is 0. The number of benzene rings is 2. The molecule has 2 aromatic carbocycles. The lowest BCUT2D eigenvalue weighted by Gasteiger charge is -2.09. The Balaban J connectivity index is 2.38. The van der Waals surface area contributed by atoms with E-state index in [2.05, 4.69) is 4.98 Å². The normalized spacial score (nSPS) is 10.8. The molecule has 94 valence electrons. The molecule has 0 unspecified atom stereocenters. The highest BCUT2D eigenvalue weighted by Crippen LogP contribution is 2.25. The lowest BCUT2D eigenvalue weighted by atomic mass is 10.1. The van der Waals surface area contributed by atoms with Crippen LogP contribution in [0.15, 0.2) is 53.3 Å². The van der Waals surface area contributed by atoms with E-state index >= 15 is 0 Å². The molecule has 0 spiro atoms. The van der Waals surface area contributed by atoms with Gasteiger partial charge in [-0.3, -0.25) is 4.57 Å². The zero-order valence-corrected chi connectivity index (χ0v) is 11.1. The maximum absolute atomic E-state index is 11.9. The first-order chi connectivity index (χ1) is 9.16. The number of halogens is 1. The summed E-state index contributed by atoms with van der Waals surface area (Å²) in [6.07, 6.45) is 0. The van der Waals surface area contributed by atoms with E-state index in [0.29, 0.717) is 10.7 Å². The smallest absolute Gasteiger partial charge is 0.295 e. The summed E-state index contributed by atoms with van der Waals surface area (Å²) in [5.41, 5.74) is 2.18. The van der Waals surface area contributed by atoms with Crippen LogP contribution in [0.5, 0.6) is 0 Å². The van der Waals surface area contributed by atoms with Gasteiger partial charge in [-0.05, 0) is 18.2 Å². The van der Waals surface area contributed by atoms with E-state index in [0.717, 1.165) is 16.5 Å². The molecule has 0 bridgehead atoms. The zero-order valence-electron chi connectivity index (χ0n) is 10.3. The number of aromatic nitrogens is 2. The number of hydrogen-bond acceptors (Lipinski definition) is 2. The quantitative estimate of drug-likeness (QED) is 0.680. The minimum absolute atomic E-state index is 0.261. The fraction of sp³-hybridized carbons (Fsp3) is 0.0667. The number of fused-ring (bicyclic) bond motifs is 1. The van der Waals surface area contributed by atoms with E-state index in [1.165, 1.54) is 0 Å². The van der Waals surface area contributed by atoms with Gasteiger partial charge in [0.05, 0.1) is 11.2 Å². The van der Waals surface area contributed by atoms with Gasteiger partial charge in [0, 0.05) is 23.0 Å². The predicted molar refractivity (Wildman–Crippen MR) is 77.4 cm³/mol. The molecule has 0 amide bonds. The van der Waals surface area contributed by atoms with Crippen molar-refractivity contribution in [2.24, 2.45) is 7.05 Å². The number of nitrogens with zero attached hydrogens (tertiary/aromatic N) is 2. The van der Waals surface area contributed by atoms with Crippen LogP contribution in [-0.4, -0.2) is 9.55 Å². The molecule has 0 aliphatic heterocycles. The Morgan fingerprint density at radius 1 is 1.05 bits per heavy atom. The van der Waals surface area contributed by atoms with E-state index in [4.69, 9.17) is 11.6 Å².